The van der Waals surface area contributed by atoms with Gasteiger partial charge < -0.3 is 20.3 Å². The van der Waals surface area contributed by atoms with Gasteiger partial charge in [-0.15, -0.1) is 12.3 Å². The quantitative estimate of drug-likeness (QED) is 0.694. The zero-order chi connectivity index (χ0) is 15.2. The van der Waals surface area contributed by atoms with Gasteiger partial charge in [-0.3, -0.25) is 4.79 Å². The van der Waals surface area contributed by atoms with Crippen LogP contribution in [0.3, 0.4) is 0 Å². The highest BCUT2D eigenvalue weighted by atomic mass is 16.4. The first-order chi connectivity index (χ1) is 10.1. The zero-order valence-electron chi connectivity index (χ0n) is 11.7. The topological polar surface area (TPSA) is 83.4 Å². The molecule has 1 saturated heterocycles. The average molecular weight is 289 g/mol. The minimum Gasteiger partial charge on any atom is -0.480 e. The number of terminal acetylenes is 1. The second-order valence-corrected chi connectivity index (χ2v) is 5.05. The lowest BCUT2D eigenvalue weighted by atomic mass is 10.1. The molecule has 6 heteroatoms. The molecule has 0 aromatic carbocycles. The highest BCUT2D eigenvalue weighted by molar-refractivity contribution is 5.95. The first-order valence-electron chi connectivity index (χ1n) is 6.98. The molecular weight excluding hydrogens is 270 g/mol. The number of aromatic nitrogens is 1. The van der Waals surface area contributed by atoms with Crippen LogP contribution in [-0.4, -0.2) is 40.7 Å². The number of carboxylic acids is 1. The number of carbonyl (C=O) groups excluding carboxylic acids is 1. The van der Waals surface area contributed by atoms with Crippen molar-refractivity contribution >= 4 is 11.9 Å². The van der Waals surface area contributed by atoms with Crippen molar-refractivity contribution in [1.82, 2.24) is 15.2 Å². The molecule has 1 aromatic rings. The Morgan fingerprint density at radius 1 is 1.52 bits per heavy atom. The molecule has 1 fully saturated rings. The van der Waals surface area contributed by atoms with Gasteiger partial charge in [0.1, 0.15) is 11.7 Å². The van der Waals surface area contributed by atoms with Crippen molar-refractivity contribution in [2.75, 3.05) is 13.1 Å². The second kappa shape index (κ2) is 6.95. The first-order valence-corrected chi connectivity index (χ1v) is 6.98. The van der Waals surface area contributed by atoms with Crippen molar-refractivity contribution in [2.24, 2.45) is 0 Å². The van der Waals surface area contributed by atoms with E-state index >= 15 is 0 Å². The predicted molar refractivity (Wildman–Crippen MR) is 77.9 cm³/mol. The molecule has 21 heavy (non-hydrogen) atoms. The van der Waals surface area contributed by atoms with E-state index in [2.05, 4.69) is 16.6 Å². The van der Waals surface area contributed by atoms with E-state index in [0.29, 0.717) is 5.69 Å². The SMILES string of the molecule is C#CCC(NC(=O)c1cccn1C1CCNCC1)C(=O)O. The third-order valence-electron chi connectivity index (χ3n) is 3.64. The number of hydrogen-bond acceptors (Lipinski definition) is 3. The summed E-state index contributed by atoms with van der Waals surface area (Å²) in [5, 5.41) is 14.8. The van der Waals surface area contributed by atoms with Gasteiger partial charge >= 0.3 is 5.97 Å². The van der Waals surface area contributed by atoms with E-state index < -0.39 is 17.9 Å². The van der Waals surface area contributed by atoms with Crippen molar-refractivity contribution in [1.29, 1.82) is 0 Å². The largest absolute Gasteiger partial charge is 0.480 e. The lowest BCUT2D eigenvalue weighted by Crippen LogP contribution is -2.41. The van der Waals surface area contributed by atoms with Gasteiger partial charge in [0.25, 0.3) is 5.91 Å². The highest BCUT2D eigenvalue weighted by Gasteiger charge is 2.24. The molecule has 0 aliphatic carbocycles. The van der Waals surface area contributed by atoms with Gasteiger partial charge in [0.15, 0.2) is 0 Å². The molecule has 1 unspecified atom stereocenters. The van der Waals surface area contributed by atoms with Gasteiger partial charge in [0.05, 0.1) is 0 Å². The van der Waals surface area contributed by atoms with E-state index in [1.807, 2.05) is 10.8 Å². The van der Waals surface area contributed by atoms with Crippen LogP contribution in [0.15, 0.2) is 18.3 Å². The third-order valence-corrected chi connectivity index (χ3v) is 3.64. The maximum absolute atomic E-state index is 12.3. The number of carbonyl (C=O) groups is 2. The summed E-state index contributed by atoms with van der Waals surface area (Å²) in [6, 6.07) is 2.71. The summed E-state index contributed by atoms with van der Waals surface area (Å²) < 4.78 is 1.92. The molecule has 1 amide bonds. The normalized spacial score (nSPS) is 16.9. The monoisotopic (exact) mass is 289 g/mol. The summed E-state index contributed by atoms with van der Waals surface area (Å²) in [5.74, 6) is 0.742. The fourth-order valence-electron chi connectivity index (χ4n) is 2.54. The Hall–Kier alpha value is -2.26. The smallest absolute Gasteiger partial charge is 0.327 e. The third kappa shape index (κ3) is 3.64. The van der Waals surface area contributed by atoms with Crippen molar-refractivity contribution in [3.8, 4) is 12.3 Å². The molecule has 0 radical (unpaired) electrons. The van der Waals surface area contributed by atoms with E-state index in [-0.39, 0.29) is 12.5 Å². The average Bonchev–Trinajstić information content (AvgIpc) is 2.97. The minimum absolute atomic E-state index is 0.0326. The van der Waals surface area contributed by atoms with Crippen molar-refractivity contribution in [2.45, 2.75) is 31.3 Å². The molecule has 2 rings (SSSR count). The molecular formula is C15H19N3O3. The lowest BCUT2D eigenvalue weighted by molar-refractivity contribution is -0.139. The maximum atomic E-state index is 12.3. The summed E-state index contributed by atoms with van der Waals surface area (Å²) in [7, 11) is 0. The van der Waals surface area contributed by atoms with E-state index in [1.54, 1.807) is 12.1 Å². The van der Waals surface area contributed by atoms with Gasteiger partial charge in [-0.05, 0) is 38.1 Å². The van der Waals surface area contributed by atoms with Crippen LogP contribution in [0.4, 0.5) is 0 Å². The zero-order valence-corrected chi connectivity index (χ0v) is 11.7. The van der Waals surface area contributed by atoms with Crippen LogP contribution in [0.25, 0.3) is 0 Å². The van der Waals surface area contributed by atoms with Crippen LogP contribution in [-0.2, 0) is 4.79 Å². The standard InChI is InChI=1S/C15H19N3O3/c1-2-4-12(15(20)21)17-14(19)13-5-3-10-18(13)11-6-8-16-9-7-11/h1,3,5,10-12,16H,4,6-9H2,(H,17,19)(H,20,21). The van der Waals surface area contributed by atoms with Crippen LogP contribution in [0.5, 0.6) is 0 Å². The number of carboxylic acid groups (broad SMARTS) is 1. The van der Waals surface area contributed by atoms with E-state index in [0.717, 1.165) is 25.9 Å². The Kier molecular flexibility index (Phi) is 5.01. The predicted octanol–water partition coefficient (Wildman–Crippen LogP) is 0.619. The molecule has 112 valence electrons. The molecule has 2 heterocycles. The Morgan fingerprint density at radius 3 is 2.86 bits per heavy atom. The van der Waals surface area contributed by atoms with Crippen molar-refractivity contribution in [3.05, 3.63) is 24.0 Å². The molecule has 1 aromatic heterocycles. The number of hydrogen-bond donors (Lipinski definition) is 3. The van der Waals surface area contributed by atoms with Gasteiger partial charge in [-0.2, -0.15) is 0 Å². The molecule has 1 atom stereocenters. The van der Waals surface area contributed by atoms with Crippen LogP contribution in [0.2, 0.25) is 0 Å². The van der Waals surface area contributed by atoms with E-state index in [1.165, 1.54) is 0 Å². The van der Waals surface area contributed by atoms with Gasteiger partial charge in [-0.1, -0.05) is 0 Å². The number of amides is 1. The molecule has 0 saturated carbocycles. The summed E-state index contributed by atoms with van der Waals surface area (Å²) in [5.41, 5.74) is 0.477. The Balaban J connectivity index is 2.11. The van der Waals surface area contributed by atoms with Crippen molar-refractivity contribution in [3.63, 3.8) is 0 Å². The molecule has 3 N–H and O–H groups in total. The fourth-order valence-corrected chi connectivity index (χ4v) is 2.54. The van der Waals surface area contributed by atoms with Crippen LogP contribution in [0, 0.1) is 12.3 Å². The number of nitrogens with zero attached hydrogens (tertiary/aromatic N) is 1. The van der Waals surface area contributed by atoms with Gasteiger partial charge in [-0.25, -0.2) is 4.79 Å². The highest BCUT2D eigenvalue weighted by Crippen LogP contribution is 2.21. The number of aliphatic carboxylic acids is 1. The maximum Gasteiger partial charge on any atom is 0.327 e. The van der Waals surface area contributed by atoms with E-state index in [4.69, 9.17) is 11.5 Å². The molecule has 1 aliphatic rings. The van der Waals surface area contributed by atoms with E-state index in [9.17, 15) is 9.59 Å². The number of nitrogens with one attached hydrogen (secondary N) is 2. The summed E-state index contributed by atoms with van der Waals surface area (Å²) in [6.07, 6.45) is 8.85. The van der Waals surface area contributed by atoms with Crippen LogP contribution >= 0.6 is 0 Å². The van der Waals surface area contributed by atoms with Crippen LogP contribution in [0.1, 0.15) is 35.8 Å². The summed E-state index contributed by atoms with van der Waals surface area (Å²) in [6.45, 7) is 1.83. The van der Waals surface area contributed by atoms with Crippen molar-refractivity contribution < 1.29 is 14.7 Å². The van der Waals surface area contributed by atoms with Gasteiger partial charge in [0.2, 0.25) is 0 Å². The molecule has 6 nitrogen and oxygen atoms in total. The van der Waals surface area contributed by atoms with Gasteiger partial charge in [0, 0.05) is 18.7 Å². The molecule has 1 aliphatic heterocycles. The Morgan fingerprint density at radius 2 is 2.24 bits per heavy atom. The second-order valence-electron chi connectivity index (χ2n) is 5.05. The Labute approximate surface area is 123 Å². The summed E-state index contributed by atoms with van der Waals surface area (Å²) in [4.78, 5) is 23.3. The minimum atomic E-state index is -1.12. The molecule has 0 bridgehead atoms. The number of rotatable bonds is 5. The summed E-state index contributed by atoms with van der Waals surface area (Å²) >= 11 is 0. The fraction of sp³-hybridized carbons (Fsp3) is 0.467. The van der Waals surface area contributed by atoms with Crippen LogP contribution < -0.4 is 10.6 Å². The number of piperidine rings is 1. The Bertz CT molecular complexity index is 553. The first kappa shape index (κ1) is 15.1. The molecule has 0 spiro atoms. The lowest BCUT2D eigenvalue weighted by Gasteiger charge is -2.26.